The molecule has 19 heavy (non-hydrogen) atoms. The fourth-order valence-electron chi connectivity index (χ4n) is 1.93. The summed E-state index contributed by atoms with van der Waals surface area (Å²) in [6, 6.07) is 13.7. The van der Waals surface area contributed by atoms with Gasteiger partial charge in [0.05, 0.1) is 6.04 Å². The number of benzene rings is 2. The van der Waals surface area contributed by atoms with Gasteiger partial charge < -0.3 is 10.4 Å². The van der Waals surface area contributed by atoms with Crippen molar-refractivity contribution >= 4 is 17.5 Å². The zero-order chi connectivity index (χ0) is 13.8. The Morgan fingerprint density at radius 1 is 1.16 bits per heavy atom. The quantitative estimate of drug-likeness (QED) is 0.903. The highest BCUT2D eigenvalue weighted by Crippen LogP contribution is 2.29. The number of phenolic OH excluding ortho intramolecular Hbond substituents is 1. The monoisotopic (exact) mass is 275 g/mol. The molecule has 1 amide bonds. The number of carbonyl (C=O) groups excluding carboxylic acids is 1. The lowest BCUT2D eigenvalue weighted by Crippen LogP contribution is -2.26. The van der Waals surface area contributed by atoms with Crippen molar-refractivity contribution in [1.82, 2.24) is 5.32 Å². The third-order valence-electron chi connectivity index (χ3n) is 2.80. The Morgan fingerprint density at radius 2 is 1.79 bits per heavy atom. The minimum atomic E-state index is -0.393. The van der Waals surface area contributed by atoms with Crippen LogP contribution in [0.2, 0.25) is 5.02 Å². The topological polar surface area (TPSA) is 49.3 Å². The third-order valence-corrected chi connectivity index (χ3v) is 3.05. The maximum Gasteiger partial charge on any atom is 0.217 e. The lowest BCUT2D eigenvalue weighted by Gasteiger charge is -2.20. The first kappa shape index (κ1) is 13.4. The molecule has 2 aromatic carbocycles. The van der Waals surface area contributed by atoms with Crippen LogP contribution in [0.3, 0.4) is 0 Å². The smallest absolute Gasteiger partial charge is 0.217 e. The van der Waals surface area contributed by atoms with Gasteiger partial charge in [-0.15, -0.1) is 0 Å². The predicted molar refractivity (Wildman–Crippen MR) is 75.2 cm³/mol. The van der Waals surface area contributed by atoms with Gasteiger partial charge in [-0.3, -0.25) is 4.79 Å². The van der Waals surface area contributed by atoms with E-state index < -0.39 is 6.04 Å². The number of rotatable bonds is 3. The van der Waals surface area contributed by atoms with Gasteiger partial charge in [0.15, 0.2) is 0 Å². The Balaban J connectivity index is 2.44. The number of para-hydroxylation sites is 1. The van der Waals surface area contributed by atoms with E-state index in [0.717, 1.165) is 5.56 Å². The van der Waals surface area contributed by atoms with E-state index >= 15 is 0 Å². The van der Waals surface area contributed by atoms with E-state index in [2.05, 4.69) is 5.32 Å². The molecule has 3 nitrogen and oxygen atoms in total. The van der Waals surface area contributed by atoms with Crippen molar-refractivity contribution in [3.05, 3.63) is 64.7 Å². The zero-order valence-corrected chi connectivity index (χ0v) is 11.2. The van der Waals surface area contributed by atoms with E-state index in [4.69, 9.17) is 11.6 Å². The molecule has 98 valence electrons. The molecule has 0 fully saturated rings. The Labute approximate surface area is 116 Å². The van der Waals surface area contributed by atoms with Gasteiger partial charge in [0.1, 0.15) is 5.75 Å². The molecule has 2 aromatic rings. The summed E-state index contributed by atoms with van der Waals surface area (Å²) in [5, 5.41) is 13.4. The Morgan fingerprint density at radius 3 is 2.37 bits per heavy atom. The molecule has 2 N–H and O–H groups in total. The van der Waals surface area contributed by atoms with Crippen LogP contribution in [0.15, 0.2) is 48.5 Å². The van der Waals surface area contributed by atoms with Crippen LogP contribution in [0, 0.1) is 0 Å². The summed E-state index contributed by atoms with van der Waals surface area (Å²) in [4.78, 5) is 11.4. The summed E-state index contributed by atoms with van der Waals surface area (Å²) in [6.07, 6.45) is 0. The van der Waals surface area contributed by atoms with Crippen LogP contribution >= 0.6 is 11.6 Å². The molecule has 0 saturated carbocycles. The van der Waals surface area contributed by atoms with Crippen molar-refractivity contribution in [3.63, 3.8) is 0 Å². The average Bonchev–Trinajstić information content (AvgIpc) is 2.38. The van der Waals surface area contributed by atoms with Crippen molar-refractivity contribution in [3.8, 4) is 5.75 Å². The van der Waals surface area contributed by atoms with Crippen LogP contribution in [0.4, 0.5) is 0 Å². The second-order valence-electron chi connectivity index (χ2n) is 4.24. The third kappa shape index (κ3) is 3.26. The van der Waals surface area contributed by atoms with Gasteiger partial charge in [-0.1, -0.05) is 41.9 Å². The summed E-state index contributed by atoms with van der Waals surface area (Å²) in [5.74, 6) is -0.0144. The van der Waals surface area contributed by atoms with Crippen LogP contribution in [0.25, 0.3) is 0 Å². The molecule has 1 atom stereocenters. The molecule has 0 aliphatic rings. The molecule has 0 aliphatic carbocycles. The molecule has 4 heteroatoms. The van der Waals surface area contributed by atoms with E-state index in [1.165, 1.54) is 6.92 Å². The zero-order valence-electron chi connectivity index (χ0n) is 10.4. The van der Waals surface area contributed by atoms with Gasteiger partial charge in [-0.2, -0.15) is 0 Å². The summed E-state index contributed by atoms with van der Waals surface area (Å²) in [6.45, 7) is 1.45. The predicted octanol–water partition coefficient (Wildman–Crippen LogP) is 3.27. The van der Waals surface area contributed by atoms with Crippen LogP contribution in [0.5, 0.6) is 5.75 Å². The van der Waals surface area contributed by atoms with Crippen molar-refractivity contribution in [1.29, 1.82) is 0 Å². The molecule has 0 saturated heterocycles. The minimum Gasteiger partial charge on any atom is -0.508 e. The first-order valence-electron chi connectivity index (χ1n) is 5.88. The molecule has 0 aromatic heterocycles. The molecule has 0 radical (unpaired) electrons. The highest BCUT2D eigenvalue weighted by molar-refractivity contribution is 6.30. The van der Waals surface area contributed by atoms with E-state index in [1.54, 1.807) is 30.3 Å². The fraction of sp³-hybridized carbons (Fsp3) is 0.133. The molecule has 2 rings (SSSR count). The lowest BCUT2D eigenvalue weighted by molar-refractivity contribution is -0.119. The maximum absolute atomic E-state index is 11.4. The number of nitrogens with one attached hydrogen (secondary N) is 1. The van der Waals surface area contributed by atoms with Crippen molar-refractivity contribution in [2.45, 2.75) is 13.0 Å². The fourth-order valence-corrected chi connectivity index (χ4v) is 2.06. The van der Waals surface area contributed by atoms with E-state index in [1.807, 2.05) is 18.2 Å². The number of phenols is 1. The van der Waals surface area contributed by atoms with Crippen LogP contribution in [-0.2, 0) is 4.79 Å². The van der Waals surface area contributed by atoms with Crippen LogP contribution < -0.4 is 5.32 Å². The molecule has 1 unspecified atom stereocenters. The van der Waals surface area contributed by atoms with Crippen molar-refractivity contribution in [2.75, 3.05) is 0 Å². The second kappa shape index (κ2) is 5.76. The highest BCUT2D eigenvalue weighted by Gasteiger charge is 2.18. The molecule has 0 aliphatic heterocycles. The number of hydrogen-bond donors (Lipinski definition) is 2. The Hall–Kier alpha value is -2.00. The number of hydrogen-bond acceptors (Lipinski definition) is 2. The molecular formula is C15H14ClNO2. The largest absolute Gasteiger partial charge is 0.508 e. The van der Waals surface area contributed by atoms with Gasteiger partial charge in [-0.05, 0) is 23.8 Å². The molecular weight excluding hydrogens is 262 g/mol. The van der Waals surface area contributed by atoms with Crippen LogP contribution in [0.1, 0.15) is 24.1 Å². The Kier molecular flexibility index (Phi) is 4.07. The SMILES string of the molecule is CC(=O)NC(c1ccc(Cl)cc1)c1ccccc1O. The molecule has 0 bridgehead atoms. The normalized spacial score (nSPS) is 11.9. The highest BCUT2D eigenvalue weighted by atomic mass is 35.5. The lowest BCUT2D eigenvalue weighted by atomic mass is 9.98. The van der Waals surface area contributed by atoms with Gasteiger partial charge in [0.2, 0.25) is 5.91 Å². The number of carbonyl (C=O) groups is 1. The second-order valence-corrected chi connectivity index (χ2v) is 4.68. The number of halogens is 1. The number of amides is 1. The van der Waals surface area contributed by atoms with Crippen LogP contribution in [-0.4, -0.2) is 11.0 Å². The number of aromatic hydroxyl groups is 1. The van der Waals surface area contributed by atoms with E-state index in [9.17, 15) is 9.90 Å². The summed E-state index contributed by atoms with van der Waals surface area (Å²) in [5.41, 5.74) is 1.51. The standard InChI is InChI=1S/C15H14ClNO2/c1-10(18)17-15(11-6-8-12(16)9-7-11)13-4-2-3-5-14(13)19/h2-9,15,19H,1H3,(H,17,18). The van der Waals surface area contributed by atoms with Crippen molar-refractivity contribution < 1.29 is 9.90 Å². The van der Waals surface area contributed by atoms with Gasteiger partial charge >= 0.3 is 0 Å². The summed E-state index contributed by atoms with van der Waals surface area (Å²) >= 11 is 5.86. The molecule has 0 spiro atoms. The van der Waals surface area contributed by atoms with Gasteiger partial charge in [-0.25, -0.2) is 0 Å². The summed E-state index contributed by atoms with van der Waals surface area (Å²) in [7, 11) is 0. The average molecular weight is 276 g/mol. The Bertz CT molecular complexity index is 581. The summed E-state index contributed by atoms with van der Waals surface area (Å²) < 4.78 is 0. The van der Waals surface area contributed by atoms with E-state index in [0.29, 0.717) is 10.6 Å². The first-order chi connectivity index (χ1) is 9.08. The van der Waals surface area contributed by atoms with Crippen molar-refractivity contribution in [2.24, 2.45) is 0 Å². The van der Waals surface area contributed by atoms with Gasteiger partial charge in [0.25, 0.3) is 0 Å². The minimum absolute atomic E-state index is 0.149. The van der Waals surface area contributed by atoms with E-state index in [-0.39, 0.29) is 11.7 Å². The maximum atomic E-state index is 11.4. The van der Waals surface area contributed by atoms with Gasteiger partial charge in [0, 0.05) is 17.5 Å². The molecule has 0 heterocycles. The first-order valence-corrected chi connectivity index (χ1v) is 6.26.